The van der Waals surface area contributed by atoms with Crippen LogP contribution < -0.4 is 20.7 Å². The van der Waals surface area contributed by atoms with E-state index in [2.05, 4.69) is 16.0 Å². The predicted octanol–water partition coefficient (Wildman–Crippen LogP) is 1.82. The predicted molar refractivity (Wildman–Crippen MR) is 76.8 cm³/mol. The van der Waals surface area contributed by atoms with Gasteiger partial charge in [0, 0.05) is 31.3 Å². The third-order valence-electron chi connectivity index (χ3n) is 3.23. The summed E-state index contributed by atoms with van der Waals surface area (Å²) in [5.41, 5.74) is 1.69. The monoisotopic (exact) mass is 263 g/mol. The summed E-state index contributed by atoms with van der Waals surface area (Å²) in [6.45, 7) is 3.50. The van der Waals surface area contributed by atoms with Gasteiger partial charge in [-0.15, -0.1) is 0 Å². The molecule has 0 spiro atoms. The average Bonchev–Trinajstić information content (AvgIpc) is 2.90. The molecule has 19 heavy (non-hydrogen) atoms. The van der Waals surface area contributed by atoms with Crippen molar-refractivity contribution in [2.45, 2.75) is 25.8 Å². The number of rotatable bonds is 5. The number of hydrogen-bond donors (Lipinski definition) is 3. The van der Waals surface area contributed by atoms with Crippen LogP contribution in [0.4, 0.5) is 11.4 Å². The number of nitrogens with one attached hydrogen (secondary N) is 3. The lowest BCUT2D eigenvalue weighted by molar-refractivity contribution is -0.114. The van der Waals surface area contributed by atoms with Gasteiger partial charge in [-0.25, -0.2) is 0 Å². The molecule has 3 N–H and O–H groups in total. The highest BCUT2D eigenvalue weighted by molar-refractivity contribution is 5.90. The SMILES string of the molecule is COc1cc(NCC2CCCN2)ccc1NC(C)=O. The molecule has 1 amide bonds. The minimum atomic E-state index is -0.103. The lowest BCUT2D eigenvalue weighted by atomic mass is 10.2. The normalized spacial score (nSPS) is 18.1. The van der Waals surface area contributed by atoms with E-state index in [1.54, 1.807) is 7.11 Å². The molecule has 1 heterocycles. The van der Waals surface area contributed by atoms with Gasteiger partial charge < -0.3 is 20.7 Å². The van der Waals surface area contributed by atoms with Crippen molar-refractivity contribution in [2.24, 2.45) is 0 Å². The minimum Gasteiger partial charge on any atom is -0.494 e. The van der Waals surface area contributed by atoms with E-state index < -0.39 is 0 Å². The molecule has 0 aromatic heterocycles. The first-order valence-corrected chi connectivity index (χ1v) is 6.62. The van der Waals surface area contributed by atoms with Crippen molar-refractivity contribution >= 4 is 17.3 Å². The Morgan fingerprint density at radius 1 is 1.53 bits per heavy atom. The first-order chi connectivity index (χ1) is 9.19. The number of methoxy groups -OCH3 is 1. The van der Waals surface area contributed by atoms with Gasteiger partial charge in [0.25, 0.3) is 0 Å². The molecule has 1 aliphatic heterocycles. The van der Waals surface area contributed by atoms with Crippen molar-refractivity contribution in [1.29, 1.82) is 0 Å². The summed E-state index contributed by atoms with van der Waals surface area (Å²) in [5.74, 6) is 0.564. The number of ether oxygens (including phenoxy) is 1. The minimum absolute atomic E-state index is 0.103. The molecule has 0 radical (unpaired) electrons. The van der Waals surface area contributed by atoms with Gasteiger partial charge >= 0.3 is 0 Å². The molecule has 1 fully saturated rings. The molecule has 1 unspecified atom stereocenters. The maximum Gasteiger partial charge on any atom is 0.221 e. The largest absolute Gasteiger partial charge is 0.494 e. The molecule has 1 saturated heterocycles. The van der Waals surface area contributed by atoms with E-state index in [-0.39, 0.29) is 5.91 Å². The second-order valence-electron chi connectivity index (χ2n) is 4.77. The van der Waals surface area contributed by atoms with Gasteiger partial charge in [0.05, 0.1) is 12.8 Å². The van der Waals surface area contributed by atoms with Crippen molar-refractivity contribution in [2.75, 3.05) is 30.8 Å². The zero-order chi connectivity index (χ0) is 13.7. The maximum absolute atomic E-state index is 11.1. The van der Waals surface area contributed by atoms with E-state index in [9.17, 15) is 4.79 Å². The number of anilines is 2. The van der Waals surface area contributed by atoms with Crippen LogP contribution in [0.25, 0.3) is 0 Å². The zero-order valence-electron chi connectivity index (χ0n) is 11.5. The lowest BCUT2D eigenvalue weighted by Gasteiger charge is -2.15. The molecule has 5 nitrogen and oxygen atoms in total. The fourth-order valence-electron chi connectivity index (χ4n) is 2.27. The van der Waals surface area contributed by atoms with Gasteiger partial charge in [-0.2, -0.15) is 0 Å². The first-order valence-electron chi connectivity index (χ1n) is 6.62. The smallest absolute Gasteiger partial charge is 0.221 e. The van der Waals surface area contributed by atoms with Crippen LogP contribution in [0.2, 0.25) is 0 Å². The Bertz CT molecular complexity index is 442. The number of amides is 1. The van der Waals surface area contributed by atoms with Crippen LogP contribution in [0.1, 0.15) is 19.8 Å². The third kappa shape index (κ3) is 3.86. The molecule has 1 aromatic rings. The van der Waals surface area contributed by atoms with E-state index in [4.69, 9.17) is 4.74 Å². The second kappa shape index (κ2) is 6.43. The van der Waals surface area contributed by atoms with Crippen LogP contribution in [0.15, 0.2) is 18.2 Å². The van der Waals surface area contributed by atoms with Gasteiger partial charge in [0.2, 0.25) is 5.91 Å². The summed E-state index contributed by atoms with van der Waals surface area (Å²) in [5, 5.41) is 9.57. The van der Waals surface area contributed by atoms with Gasteiger partial charge in [-0.3, -0.25) is 4.79 Å². The van der Waals surface area contributed by atoms with Crippen molar-refractivity contribution in [3.63, 3.8) is 0 Å². The highest BCUT2D eigenvalue weighted by Crippen LogP contribution is 2.28. The molecule has 104 valence electrons. The molecule has 0 aliphatic carbocycles. The van der Waals surface area contributed by atoms with E-state index in [0.29, 0.717) is 17.5 Å². The standard InChI is InChI=1S/C14H21N3O2/c1-10(18)17-13-6-5-11(8-14(13)19-2)16-9-12-4-3-7-15-12/h5-6,8,12,15-16H,3-4,7,9H2,1-2H3,(H,17,18). The molecule has 1 aromatic carbocycles. The Kier molecular flexibility index (Phi) is 4.63. The molecule has 2 rings (SSSR count). The molecular weight excluding hydrogens is 242 g/mol. The van der Waals surface area contributed by atoms with E-state index in [0.717, 1.165) is 18.8 Å². The van der Waals surface area contributed by atoms with Crippen LogP contribution in [-0.4, -0.2) is 32.1 Å². The van der Waals surface area contributed by atoms with Crippen LogP contribution in [0.3, 0.4) is 0 Å². The molecule has 1 atom stereocenters. The highest BCUT2D eigenvalue weighted by atomic mass is 16.5. The number of benzene rings is 1. The first kappa shape index (κ1) is 13.7. The average molecular weight is 263 g/mol. The fourth-order valence-corrected chi connectivity index (χ4v) is 2.27. The molecule has 1 aliphatic rings. The Morgan fingerprint density at radius 3 is 3.00 bits per heavy atom. The van der Waals surface area contributed by atoms with Crippen LogP contribution >= 0.6 is 0 Å². The molecule has 0 saturated carbocycles. The summed E-state index contributed by atoms with van der Waals surface area (Å²) in [7, 11) is 1.60. The lowest BCUT2D eigenvalue weighted by Crippen LogP contribution is -2.29. The quantitative estimate of drug-likeness (QED) is 0.758. The molecule has 5 heteroatoms. The van der Waals surface area contributed by atoms with Gasteiger partial charge in [-0.05, 0) is 31.5 Å². The summed E-state index contributed by atoms with van der Waals surface area (Å²) in [6.07, 6.45) is 2.46. The maximum atomic E-state index is 11.1. The summed E-state index contributed by atoms with van der Waals surface area (Å²) >= 11 is 0. The highest BCUT2D eigenvalue weighted by Gasteiger charge is 2.13. The van der Waals surface area contributed by atoms with Crippen molar-refractivity contribution in [1.82, 2.24) is 5.32 Å². The molecular formula is C14H21N3O2. The second-order valence-corrected chi connectivity index (χ2v) is 4.77. The number of carbonyl (C=O) groups is 1. The van der Waals surface area contributed by atoms with Gasteiger partial charge in [0.1, 0.15) is 5.75 Å². The van der Waals surface area contributed by atoms with Crippen molar-refractivity contribution in [3.8, 4) is 5.75 Å². The van der Waals surface area contributed by atoms with Crippen LogP contribution in [0, 0.1) is 0 Å². The van der Waals surface area contributed by atoms with Gasteiger partial charge in [0.15, 0.2) is 0 Å². The summed E-state index contributed by atoms with van der Waals surface area (Å²) in [4.78, 5) is 11.1. The topological polar surface area (TPSA) is 62.4 Å². The van der Waals surface area contributed by atoms with Crippen LogP contribution in [-0.2, 0) is 4.79 Å². The van der Waals surface area contributed by atoms with Gasteiger partial charge in [-0.1, -0.05) is 0 Å². The molecule has 0 bridgehead atoms. The Labute approximate surface area is 113 Å². The number of carbonyl (C=O) groups excluding carboxylic acids is 1. The zero-order valence-corrected chi connectivity index (χ0v) is 11.5. The van der Waals surface area contributed by atoms with Crippen LogP contribution in [0.5, 0.6) is 5.75 Å². The Balaban J connectivity index is 1.99. The summed E-state index contributed by atoms with van der Waals surface area (Å²) < 4.78 is 5.29. The van der Waals surface area contributed by atoms with Crippen molar-refractivity contribution < 1.29 is 9.53 Å². The van der Waals surface area contributed by atoms with E-state index >= 15 is 0 Å². The summed E-state index contributed by atoms with van der Waals surface area (Å²) in [6, 6.07) is 6.24. The third-order valence-corrected chi connectivity index (χ3v) is 3.23. The van der Waals surface area contributed by atoms with E-state index in [1.807, 2.05) is 18.2 Å². The Hall–Kier alpha value is -1.75. The van der Waals surface area contributed by atoms with E-state index in [1.165, 1.54) is 19.8 Å². The van der Waals surface area contributed by atoms with Crippen molar-refractivity contribution in [3.05, 3.63) is 18.2 Å². The Morgan fingerprint density at radius 2 is 2.37 bits per heavy atom. The fraction of sp³-hybridized carbons (Fsp3) is 0.500. The number of hydrogen-bond acceptors (Lipinski definition) is 4.